The molecule has 0 saturated heterocycles. The van der Waals surface area contributed by atoms with Crippen molar-refractivity contribution in [3.05, 3.63) is 40.6 Å². The molecule has 1 rings (SSSR count). The third-order valence-electron chi connectivity index (χ3n) is 2.02. The topological polar surface area (TPSA) is 101 Å². The predicted molar refractivity (Wildman–Crippen MR) is 52.2 cm³/mol. The van der Waals surface area contributed by atoms with Gasteiger partial charge in [0.1, 0.15) is 11.3 Å². The van der Waals surface area contributed by atoms with Crippen molar-refractivity contribution in [1.82, 2.24) is 0 Å². The highest BCUT2D eigenvalue weighted by molar-refractivity contribution is 6.09. The molecule has 0 heterocycles. The van der Waals surface area contributed by atoms with Crippen molar-refractivity contribution in [1.29, 1.82) is 0 Å². The summed E-state index contributed by atoms with van der Waals surface area (Å²) < 4.78 is 51.7. The molecule has 9 heteroatoms. The molecule has 0 atom stereocenters. The number of carboxylic acids is 1. The number of ketones is 1. The fraction of sp³-hybridized carbons (Fsp3) is 0. The number of carbonyl (C=O) groups excluding carboxylic acids is 1. The lowest BCUT2D eigenvalue weighted by atomic mass is 10.1. The van der Waals surface area contributed by atoms with Crippen LogP contribution in [0.15, 0.2) is 11.8 Å². The molecule has 0 spiro atoms. The zero-order chi connectivity index (χ0) is 14.9. The Bertz CT molecular complexity index is 583. The SMILES string of the molecule is N/C(=C/C(=O)c1c(O)c(F)c(F)c(F)c1F)C(=O)O. The minimum Gasteiger partial charge on any atom is -0.504 e. The Morgan fingerprint density at radius 1 is 1.00 bits per heavy atom. The highest BCUT2D eigenvalue weighted by Crippen LogP contribution is 2.29. The number of allylic oxidation sites excluding steroid dienone is 1. The van der Waals surface area contributed by atoms with Crippen LogP contribution in [0.5, 0.6) is 5.75 Å². The molecule has 0 saturated carbocycles. The number of nitrogens with two attached hydrogens (primary N) is 1. The quantitative estimate of drug-likeness (QED) is 0.252. The summed E-state index contributed by atoms with van der Waals surface area (Å²) >= 11 is 0. The van der Waals surface area contributed by atoms with Gasteiger partial charge in [0, 0.05) is 6.08 Å². The molecule has 5 nitrogen and oxygen atoms in total. The summed E-state index contributed by atoms with van der Waals surface area (Å²) in [6.45, 7) is 0. The average Bonchev–Trinajstić information content (AvgIpc) is 2.34. The van der Waals surface area contributed by atoms with Crippen molar-refractivity contribution in [2.45, 2.75) is 0 Å². The van der Waals surface area contributed by atoms with Crippen LogP contribution in [0.1, 0.15) is 10.4 Å². The molecular formula is C10H5F4NO4. The molecule has 0 aliphatic carbocycles. The summed E-state index contributed by atoms with van der Waals surface area (Å²) in [5.41, 5.74) is 2.22. The smallest absolute Gasteiger partial charge is 0.351 e. The van der Waals surface area contributed by atoms with Crippen LogP contribution in [0.3, 0.4) is 0 Å². The van der Waals surface area contributed by atoms with Crippen molar-refractivity contribution in [3.8, 4) is 5.75 Å². The first-order valence-electron chi connectivity index (χ1n) is 4.48. The fourth-order valence-electron chi connectivity index (χ4n) is 1.12. The zero-order valence-corrected chi connectivity index (χ0v) is 8.88. The van der Waals surface area contributed by atoms with E-state index >= 15 is 0 Å². The normalized spacial score (nSPS) is 11.5. The van der Waals surface area contributed by atoms with Crippen LogP contribution in [-0.4, -0.2) is 22.0 Å². The van der Waals surface area contributed by atoms with Gasteiger partial charge < -0.3 is 15.9 Å². The van der Waals surface area contributed by atoms with Crippen LogP contribution in [0.25, 0.3) is 0 Å². The number of rotatable bonds is 3. The van der Waals surface area contributed by atoms with Crippen LogP contribution in [0.2, 0.25) is 0 Å². The zero-order valence-electron chi connectivity index (χ0n) is 8.88. The monoisotopic (exact) mass is 279 g/mol. The number of carbonyl (C=O) groups is 2. The number of aliphatic carboxylic acids is 1. The predicted octanol–water partition coefficient (Wildman–Crippen LogP) is 1.06. The third-order valence-corrected chi connectivity index (χ3v) is 2.02. The van der Waals surface area contributed by atoms with Crippen molar-refractivity contribution < 1.29 is 37.4 Å². The lowest BCUT2D eigenvalue weighted by Gasteiger charge is -2.06. The Morgan fingerprint density at radius 2 is 1.47 bits per heavy atom. The number of carboxylic acid groups (broad SMARTS) is 1. The van der Waals surface area contributed by atoms with Gasteiger partial charge in [-0.2, -0.15) is 4.39 Å². The first-order valence-corrected chi connectivity index (χ1v) is 4.48. The second kappa shape index (κ2) is 4.96. The number of hydrogen-bond acceptors (Lipinski definition) is 4. The van der Waals surface area contributed by atoms with Gasteiger partial charge in [-0.3, -0.25) is 4.79 Å². The Kier molecular flexibility index (Phi) is 3.78. The Hall–Kier alpha value is -2.58. The molecule has 0 aliphatic rings. The summed E-state index contributed by atoms with van der Waals surface area (Å²) in [6.07, 6.45) is 0.122. The molecule has 0 radical (unpaired) electrons. The van der Waals surface area contributed by atoms with Gasteiger partial charge in [-0.05, 0) is 0 Å². The van der Waals surface area contributed by atoms with Gasteiger partial charge in [-0.1, -0.05) is 0 Å². The van der Waals surface area contributed by atoms with E-state index in [1.165, 1.54) is 0 Å². The number of halogens is 4. The molecule has 0 amide bonds. The molecular weight excluding hydrogens is 274 g/mol. The van der Waals surface area contributed by atoms with Crippen LogP contribution in [0, 0.1) is 23.3 Å². The molecule has 1 aromatic rings. The molecule has 0 aliphatic heterocycles. The Balaban J connectivity index is 3.49. The van der Waals surface area contributed by atoms with Crippen molar-refractivity contribution in [2.75, 3.05) is 0 Å². The molecule has 0 bridgehead atoms. The van der Waals surface area contributed by atoms with E-state index in [1.807, 2.05) is 0 Å². The van der Waals surface area contributed by atoms with E-state index in [2.05, 4.69) is 0 Å². The fourth-order valence-corrected chi connectivity index (χ4v) is 1.12. The maximum absolute atomic E-state index is 13.2. The summed E-state index contributed by atoms with van der Waals surface area (Å²) in [4.78, 5) is 21.7. The van der Waals surface area contributed by atoms with Gasteiger partial charge in [-0.25, -0.2) is 18.0 Å². The Morgan fingerprint density at radius 3 is 1.95 bits per heavy atom. The number of phenols is 1. The highest BCUT2D eigenvalue weighted by Gasteiger charge is 2.28. The molecule has 0 unspecified atom stereocenters. The Labute approximate surface area is 102 Å². The summed E-state index contributed by atoms with van der Waals surface area (Å²) in [5.74, 6) is -14.1. The van der Waals surface area contributed by atoms with Gasteiger partial charge in [-0.15, -0.1) is 0 Å². The number of phenolic OH excluding ortho intramolecular Hbond substituents is 1. The third kappa shape index (κ3) is 2.49. The number of aromatic hydroxyl groups is 1. The first kappa shape index (κ1) is 14.5. The van der Waals surface area contributed by atoms with Crippen LogP contribution in [-0.2, 0) is 4.79 Å². The maximum atomic E-state index is 13.2. The second-order valence-corrected chi connectivity index (χ2v) is 3.25. The number of benzene rings is 1. The van der Waals surface area contributed by atoms with E-state index in [0.29, 0.717) is 0 Å². The second-order valence-electron chi connectivity index (χ2n) is 3.25. The summed E-state index contributed by atoms with van der Waals surface area (Å²) in [5, 5.41) is 17.4. The average molecular weight is 279 g/mol. The van der Waals surface area contributed by atoms with E-state index in [-0.39, 0.29) is 6.08 Å². The molecule has 0 aromatic heterocycles. The highest BCUT2D eigenvalue weighted by atomic mass is 19.2. The molecule has 4 N–H and O–H groups in total. The standard InChI is InChI=1S/C10H5F4NO4/c11-5-4(3(16)1-2(15)10(18)19)9(17)8(14)7(13)6(5)12/h1,17H,15H2,(H,18,19)/b2-1+. The van der Waals surface area contributed by atoms with Crippen LogP contribution in [0.4, 0.5) is 17.6 Å². The lowest BCUT2D eigenvalue weighted by Crippen LogP contribution is -2.14. The van der Waals surface area contributed by atoms with Gasteiger partial charge in [0.05, 0.1) is 0 Å². The van der Waals surface area contributed by atoms with Crippen LogP contribution < -0.4 is 5.73 Å². The lowest BCUT2D eigenvalue weighted by molar-refractivity contribution is -0.132. The maximum Gasteiger partial charge on any atom is 0.351 e. The first-order chi connectivity index (χ1) is 8.68. The molecule has 19 heavy (non-hydrogen) atoms. The van der Waals surface area contributed by atoms with Gasteiger partial charge in [0.25, 0.3) is 0 Å². The van der Waals surface area contributed by atoms with Crippen molar-refractivity contribution >= 4 is 11.8 Å². The molecule has 102 valence electrons. The molecule has 1 aromatic carbocycles. The van der Waals surface area contributed by atoms with Crippen molar-refractivity contribution in [2.24, 2.45) is 5.73 Å². The van der Waals surface area contributed by atoms with E-state index in [1.54, 1.807) is 0 Å². The van der Waals surface area contributed by atoms with E-state index in [9.17, 15) is 27.2 Å². The van der Waals surface area contributed by atoms with Crippen molar-refractivity contribution in [3.63, 3.8) is 0 Å². The molecule has 0 fully saturated rings. The van der Waals surface area contributed by atoms with E-state index in [4.69, 9.17) is 15.9 Å². The largest absolute Gasteiger partial charge is 0.504 e. The van der Waals surface area contributed by atoms with Gasteiger partial charge in [0.15, 0.2) is 23.2 Å². The number of hydrogen-bond donors (Lipinski definition) is 3. The van der Waals surface area contributed by atoms with Gasteiger partial charge in [0.2, 0.25) is 11.6 Å². The minimum absolute atomic E-state index is 0.122. The van der Waals surface area contributed by atoms with E-state index in [0.717, 1.165) is 0 Å². The summed E-state index contributed by atoms with van der Waals surface area (Å²) in [7, 11) is 0. The summed E-state index contributed by atoms with van der Waals surface area (Å²) in [6, 6.07) is 0. The van der Waals surface area contributed by atoms with Gasteiger partial charge >= 0.3 is 5.97 Å². The van der Waals surface area contributed by atoms with Crippen LogP contribution >= 0.6 is 0 Å². The van der Waals surface area contributed by atoms with E-state index < -0.39 is 52.0 Å². The minimum atomic E-state index is -2.32.